The van der Waals surface area contributed by atoms with Gasteiger partial charge in [0.25, 0.3) is 0 Å². The molecule has 8 atom stereocenters. The fraction of sp³-hybridized carbons (Fsp3) is 0.750. The number of amides is 1. The molecule has 1 amide bonds. The van der Waals surface area contributed by atoms with E-state index >= 15 is 0 Å². The third kappa shape index (κ3) is 5.67. The van der Waals surface area contributed by atoms with E-state index in [9.17, 15) is 29.3 Å². The quantitative estimate of drug-likeness (QED) is 0.384. The molecule has 186 valence electrons. The van der Waals surface area contributed by atoms with Crippen molar-refractivity contribution in [3.63, 3.8) is 0 Å². The van der Waals surface area contributed by atoms with Crippen molar-refractivity contribution in [3.05, 3.63) is 22.5 Å². The number of hydrogen-bond donors (Lipinski definition) is 4. The highest BCUT2D eigenvalue weighted by Crippen LogP contribution is 2.34. The average Bonchev–Trinajstić information content (AvgIpc) is 3.18. The molecule has 0 aromatic carbocycles. The van der Waals surface area contributed by atoms with Gasteiger partial charge in [-0.1, -0.05) is 19.8 Å². The molecule has 2 aliphatic rings. The van der Waals surface area contributed by atoms with Gasteiger partial charge in [0.05, 0.1) is 25.0 Å². The summed E-state index contributed by atoms with van der Waals surface area (Å²) in [5.74, 6) is -1.66. The van der Waals surface area contributed by atoms with Gasteiger partial charge >= 0.3 is 11.8 Å². The summed E-state index contributed by atoms with van der Waals surface area (Å²) in [6.45, 7) is 5.18. The van der Waals surface area contributed by atoms with E-state index in [1.165, 1.54) is 13.8 Å². The van der Waals surface area contributed by atoms with Crippen molar-refractivity contribution in [2.75, 3.05) is 11.9 Å². The highest BCUT2D eigenvalue weighted by molar-refractivity contribution is 5.83. The minimum atomic E-state index is -1.40. The smallest absolute Gasteiger partial charge is 0.412 e. The number of hydrogen-bond acceptors (Lipinski definition) is 10. The molecule has 33 heavy (non-hydrogen) atoms. The number of anilines is 1. The molecule has 0 unspecified atom stereocenters. The molecule has 13 heteroatoms. The number of carbonyl (C=O) groups excluding carboxylic acids is 1. The standard InChI is InChI=1S/C20H30FN3O9/c1-4-5-6-7-30-20(29)23-16-11(21)8-24(19(28)22-16)17-15(13(26)10(3)31-17)33-18-14(27)12(25)9(2)32-18/h8-10,12-15,17-18,25-27H,4-7H2,1-3H3,(H,22,23,28,29)/t9-,10+,12-,13+,14-,15+,17+,18+/m0/s1. The lowest BCUT2D eigenvalue weighted by atomic mass is 10.1. The van der Waals surface area contributed by atoms with Crippen LogP contribution in [0.15, 0.2) is 11.0 Å². The van der Waals surface area contributed by atoms with E-state index in [4.69, 9.17) is 18.9 Å². The van der Waals surface area contributed by atoms with Crippen LogP contribution in [0.25, 0.3) is 0 Å². The normalized spacial score (nSPS) is 33.9. The fourth-order valence-electron chi connectivity index (χ4n) is 3.63. The van der Waals surface area contributed by atoms with Crippen LogP contribution in [0.4, 0.5) is 15.0 Å². The van der Waals surface area contributed by atoms with Gasteiger partial charge in [0.2, 0.25) is 0 Å². The van der Waals surface area contributed by atoms with Gasteiger partial charge in [-0.25, -0.2) is 14.0 Å². The zero-order chi connectivity index (χ0) is 24.3. The molecule has 1 aromatic rings. The lowest BCUT2D eigenvalue weighted by molar-refractivity contribution is -0.216. The molecule has 0 saturated carbocycles. The summed E-state index contributed by atoms with van der Waals surface area (Å²) < 4.78 is 36.9. The summed E-state index contributed by atoms with van der Waals surface area (Å²) in [7, 11) is 0. The molecular weight excluding hydrogens is 445 g/mol. The van der Waals surface area contributed by atoms with Gasteiger partial charge in [-0.15, -0.1) is 0 Å². The number of ether oxygens (including phenoxy) is 4. The van der Waals surface area contributed by atoms with Gasteiger partial charge in [-0.2, -0.15) is 4.98 Å². The maximum absolute atomic E-state index is 14.6. The molecule has 3 rings (SSSR count). The van der Waals surface area contributed by atoms with Gasteiger partial charge in [-0.05, 0) is 20.3 Å². The van der Waals surface area contributed by atoms with Crippen LogP contribution < -0.4 is 11.0 Å². The largest absolute Gasteiger partial charge is 0.449 e. The molecule has 0 aliphatic carbocycles. The molecule has 2 saturated heterocycles. The second-order valence-electron chi connectivity index (χ2n) is 8.11. The molecule has 0 radical (unpaired) electrons. The van der Waals surface area contributed by atoms with Gasteiger partial charge < -0.3 is 34.3 Å². The van der Waals surface area contributed by atoms with Crippen LogP contribution in [0.1, 0.15) is 46.3 Å². The van der Waals surface area contributed by atoms with E-state index in [1.807, 2.05) is 6.92 Å². The number of unbranched alkanes of at least 4 members (excludes halogenated alkanes) is 2. The van der Waals surface area contributed by atoms with Crippen LogP contribution in [0.3, 0.4) is 0 Å². The van der Waals surface area contributed by atoms with Crippen molar-refractivity contribution in [1.29, 1.82) is 0 Å². The second kappa shape index (κ2) is 10.8. The van der Waals surface area contributed by atoms with E-state index < -0.39 is 72.6 Å². The summed E-state index contributed by atoms with van der Waals surface area (Å²) in [6, 6.07) is 0. The van der Waals surface area contributed by atoms with Gasteiger partial charge in [-0.3, -0.25) is 9.88 Å². The topological polar surface area (TPSA) is 162 Å². The van der Waals surface area contributed by atoms with Crippen molar-refractivity contribution in [3.8, 4) is 0 Å². The molecular formula is C20H30FN3O9. The number of aliphatic hydroxyl groups is 3. The van der Waals surface area contributed by atoms with Crippen LogP contribution in [-0.4, -0.2) is 80.5 Å². The van der Waals surface area contributed by atoms with Crippen molar-refractivity contribution in [1.82, 2.24) is 9.55 Å². The molecule has 2 fully saturated rings. The summed E-state index contributed by atoms with van der Waals surface area (Å²) in [6.07, 6.45) is -7.01. The Morgan fingerprint density at radius 1 is 1.18 bits per heavy atom. The Morgan fingerprint density at radius 3 is 2.52 bits per heavy atom. The Kier molecular flexibility index (Phi) is 8.37. The molecule has 0 bridgehead atoms. The number of aliphatic hydroxyl groups excluding tert-OH is 3. The minimum Gasteiger partial charge on any atom is -0.449 e. The van der Waals surface area contributed by atoms with Crippen molar-refractivity contribution >= 4 is 11.9 Å². The first kappa shape index (κ1) is 25.5. The van der Waals surface area contributed by atoms with Crippen LogP contribution in [0.2, 0.25) is 0 Å². The second-order valence-corrected chi connectivity index (χ2v) is 8.11. The van der Waals surface area contributed by atoms with Crippen LogP contribution in [0, 0.1) is 5.82 Å². The third-order valence-electron chi connectivity index (χ3n) is 5.59. The van der Waals surface area contributed by atoms with Crippen molar-refractivity contribution < 1.29 is 43.5 Å². The Hall–Kier alpha value is -2.16. The van der Waals surface area contributed by atoms with Crippen LogP contribution in [0.5, 0.6) is 0 Å². The predicted octanol–water partition coefficient (Wildman–Crippen LogP) is 0.251. The highest BCUT2D eigenvalue weighted by atomic mass is 19.1. The van der Waals surface area contributed by atoms with Crippen molar-refractivity contribution in [2.45, 2.75) is 89.2 Å². The van der Waals surface area contributed by atoms with E-state index in [-0.39, 0.29) is 6.61 Å². The predicted molar refractivity (Wildman–Crippen MR) is 110 cm³/mol. The maximum Gasteiger partial charge on any atom is 0.412 e. The van der Waals surface area contributed by atoms with E-state index in [0.29, 0.717) is 6.42 Å². The summed E-state index contributed by atoms with van der Waals surface area (Å²) in [5.41, 5.74) is -0.987. The van der Waals surface area contributed by atoms with E-state index in [2.05, 4.69) is 10.3 Å². The molecule has 4 N–H and O–H groups in total. The SMILES string of the molecule is CCCCCOC(=O)Nc1nc(=O)n([C@@H]2O[C@H](C)[C@@H](O)[C@H]2O[C@H]2O[C@@H](C)[C@H](O)[C@@H]2O)cc1F. The molecule has 0 spiro atoms. The molecule has 12 nitrogen and oxygen atoms in total. The Balaban J connectivity index is 1.74. The third-order valence-corrected chi connectivity index (χ3v) is 5.59. The van der Waals surface area contributed by atoms with E-state index in [0.717, 1.165) is 23.6 Å². The highest BCUT2D eigenvalue weighted by Gasteiger charge is 2.49. The lowest BCUT2D eigenvalue weighted by Crippen LogP contribution is -2.43. The first-order valence-corrected chi connectivity index (χ1v) is 10.9. The first-order chi connectivity index (χ1) is 15.6. The number of aromatic nitrogens is 2. The summed E-state index contributed by atoms with van der Waals surface area (Å²) in [5, 5.41) is 32.5. The molecule has 1 aromatic heterocycles. The zero-order valence-electron chi connectivity index (χ0n) is 18.6. The Labute approximate surface area is 189 Å². The monoisotopic (exact) mass is 475 g/mol. The zero-order valence-corrected chi connectivity index (χ0v) is 18.6. The van der Waals surface area contributed by atoms with Crippen LogP contribution in [-0.2, 0) is 18.9 Å². The number of carbonyl (C=O) groups is 1. The first-order valence-electron chi connectivity index (χ1n) is 10.9. The number of nitrogens with zero attached hydrogens (tertiary/aromatic N) is 2. The number of halogens is 1. The minimum absolute atomic E-state index is 0.144. The summed E-state index contributed by atoms with van der Waals surface area (Å²) in [4.78, 5) is 27.9. The Morgan fingerprint density at radius 2 is 1.88 bits per heavy atom. The fourth-order valence-corrected chi connectivity index (χ4v) is 3.63. The lowest BCUT2D eigenvalue weighted by Gasteiger charge is -2.26. The van der Waals surface area contributed by atoms with E-state index in [1.54, 1.807) is 0 Å². The van der Waals surface area contributed by atoms with Gasteiger partial charge in [0, 0.05) is 0 Å². The molecule has 3 heterocycles. The van der Waals surface area contributed by atoms with Crippen molar-refractivity contribution in [2.24, 2.45) is 0 Å². The maximum atomic E-state index is 14.6. The number of rotatable bonds is 8. The van der Waals surface area contributed by atoms with Gasteiger partial charge in [0.15, 0.2) is 24.2 Å². The number of nitrogens with one attached hydrogen (secondary N) is 1. The molecule has 2 aliphatic heterocycles. The Bertz CT molecular complexity index is 885. The van der Waals surface area contributed by atoms with Crippen LogP contribution >= 0.6 is 0 Å². The summed E-state index contributed by atoms with van der Waals surface area (Å²) >= 11 is 0. The van der Waals surface area contributed by atoms with Gasteiger partial charge in [0.1, 0.15) is 24.4 Å². The average molecular weight is 475 g/mol.